The first kappa shape index (κ1) is 39.2. The highest BCUT2D eigenvalue weighted by atomic mass is 32.1. The van der Waals surface area contributed by atoms with Crippen LogP contribution in [0.4, 0.5) is 34.1 Å². The van der Waals surface area contributed by atoms with Crippen molar-refractivity contribution in [2.45, 2.75) is 0 Å². The van der Waals surface area contributed by atoms with Gasteiger partial charge in [-0.1, -0.05) is 152 Å². The molecule has 0 bridgehead atoms. The molecule has 2 heterocycles. The van der Waals surface area contributed by atoms with Crippen molar-refractivity contribution in [3.63, 3.8) is 0 Å². The van der Waals surface area contributed by atoms with Gasteiger partial charge >= 0.3 is 0 Å². The Bertz CT molecular complexity index is 3590. The molecule has 4 heteroatoms. The van der Waals surface area contributed by atoms with Crippen LogP contribution < -0.4 is 9.80 Å². The van der Waals surface area contributed by atoms with Crippen LogP contribution in [0.2, 0.25) is 0 Å². The Hall–Kier alpha value is -8.44. The maximum atomic E-state index is 2.42. The van der Waals surface area contributed by atoms with Crippen molar-refractivity contribution >= 4 is 78.0 Å². The summed E-state index contributed by atoms with van der Waals surface area (Å²) in [5, 5.41) is 4.87. The highest BCUT2D eigenvalue weighted by Crippen LogP contribution is 2.43. The maximum Gasteiger partial charge on any atom is 0.0541 e. The van der Waals surface area contributed by atoms with E-state index in [1.165, 1.54) is 64.6 Å². The van der Waals surface area contributed by atoms with Crippen LogP contribution in [-0.2, 0) is 0 Å². The van der Waals surface area contributed by atoms with Crippen LogP contribution in [0, 0.1) is 0 Å². The summed E-state index contributed by atoms with van der Waals surface area (Å²) < 4.78 is 2.42. The highest BCUT2D eigenvalue weighted by Gasteiger charge is 2.19. The Morgan fingerprint density at radius 3 is 1.50 bits per heavy atom. The molecule has 12 aromatic rings. The molecular weight excluding hydrogens is 819 g/mol. The van der Waals surface area contributed by atoms with Gasteiger partial charge in [-0.25, -0.2) is 0 Å². The molecule has 12 rings (SSSR count). The zero-order valence-electron chi connectivity index (χ0n) is 36.1. The predicted octanol–water partition coefficient (Wildman–Crippen LogP) is 17.9. The van der Waals surface area contributed by atoms with Gasteiger partial charge in [0.15, 0.2) is 0 Å². The molecule has 0 aliphatic heterocycles. The van der Waals surface area contributed by atoms with E-state index in [9.17, 15) is 0 Å². The lowest BCUT2D eigenvalue weighted by atomic mass is 10.0. The molecular formula is C62H43N3S. The summed E-state index contributed by atoms with van der Waals surface area (Å²) in [7, 11) is 0. The SMILES string of the molecule is c1ccc(-c2ccc(-c3cccc(-n4c5ccccc5c5cc(-c6ccc(N(c7ccc(N(c8ccccc8)c8ccccc8)cc7)c7cccc8ccccc78)cc6)ccc54)c3)s2)cc1. The number of benzene rings is 10. The summed E-state index contributed by atoms with van der Waals surface area (Å²) in [6.07, 6.45) is 0. The van der Waals surface area contributed by atoms with Crippen LogP contribution in [0.5, 0.6) is 0 Å². The molecule has 0 saturated heterocycles. The van der Waals surface area contributed by atoms with Crippen molar-refractivity contribution < 1.29 is 0 Å². The topological polar surface area (TPSA) is 11.4 Å². The summed E-state index contributed by atoms with van der Waals surface area (Å²) in [6, 6.07) is 94.2. The van der Waals surface area contributed by atoms with Crippen molar-refractivity contribution in [3.8, 4) is 37.7 Å². The molecule has 2 aromatic heterocycles. The third-order valence-electron chi connectivity index (χ3n) is 12.6. The van der Waals surface area contributed by atoms with Crippen molar-refractivity contribution in [3.05, 3.63) is 261 Å². The summed E-state index contributed by atoms with van der Waals surface area (Å²) in [5.74, 6) is 0. The molecule has 66 heavy (non-hydrogen) atoms. The van der Waals surface area contributed by atoms with Crippen LogP contribution in [0.25, 0.3) is 70.3 Å². The Morgan fingerprint density at radius 2 is 0.788 bits per heavy atom. The number of anilines is 6. The molecule has 0 spiro atoms. The number of hydrogen-bond donors (Lipinski definition) is 0. The van der Waals surface area contributed by atoms with E-state index in [1.54, 1.807) is 0 Å². The smallest absolute Gasteiger partial charge is 0.0541 e. The number of rotatable bonds is 10. The highest BCUT2D eigenvalue weighted by molar-refractivity contribution is 7.18. The molecule has 0 saturated carbocycles. The normalized spacial score (nSPS) is 11.3. The average molecular weight is 862 g/mol. The van der Waals surface area contributed by atoms with Crippen LogP contribution >= 0.6 is 11.3 Å². The zero-order valence-corrected chi connectivity index (χ0v) is 36.9. The van der Waals surface area contributed by atoms with E-state index < -0.39 is 0 Å². The maximum absolute atomic E-state index is 2.42. The average Bonchev–Trinajstić information content (AvgIpc) is 4.02. The van der Waals surface area contributed by atoms with E-state index in [1.807, 2.05) is 11.3 Å². The lowest BCUT2D eigenvalue weighted by Crippen LogP contribution is -2.12. The first-order valence-corrected chi connectivity index (χ1v) is 23.2. The van der Waals surface area contributed by atoms with Gasteiger partial charge in [-0.3, -0.25) is 0 Å². The molecule has 0 atom stereocenters. The van der Waals surface area contributed by atoms with Crippen molar-refractivity contribution in [1.82, 2.24) is 4.57 Å². The molecule has 0 unspecified atom stereocenters. The Balaban J connectivity index is 0.910. The van der Waals surface area contributed by atoms with Crippen LogP contribution in [0.3, 0.4) is 0 Å². The number of para-hydroxylation sites is 3. The monoisotopic (exact) mass is 861 g/mol. The third-order valence-corrected chi connectivity index (χ3v) is 13.8. The molecule has 3 nitrogen and oxygen atoms in total. The summed E-state index contributed by atoms with van der Waals surface area (Å²) in [5.41, 5.74) is 15.0. The van der Waals surface area contributed by atoms with Gasteiger partial charge in [0.05, 0.1) is 16.7 Å². The number of thiophene rings is 1. The fourth-order valence-electron chi connectivity index (χ4n) is 9.47. The molecule has 0 radical (unpaired) electrons. The van der Waals surface area contributed by atoms with Gasteiger partial charge in [-0.2, -0.15) is 0 Å². The molecule has 10 aromatic carbocycles. The second-order valence-corrected chi connectivity index (χ2v) is 17.7. The Labute approximate surface area is 389 Å². The van der Waals surface area contributed by atoms with Gasteiger partial charge < -0.3 is 14.4 Å². The minimum atomic E-state index is 1.08. The standard InChI is InChI=1S/C62H43N3S/c1-4-17-46(18-5-1)61-40-41-62(66-61)48-20-14-25-54(42-48)65-59-28-13-12-27-56(59)57-43-47(32-39-60(57)65)44-30-33-52(34-31-44)64(58-29-15-19-45-16-10-11-26-55(45)58)53-37-35-51(36-38-53)63(49-21-6-2-7-22-49)50-23-8-3-9-24-50/h1-43H. The number of aromatic nitrogens is 1. The molecule has 0 fully saturated rings. The minimum Gasteiger partial charge on any atom is -0.311 e. The lowest BCUT2D eigenvalue weighted by Gasteiger charge is -2.29. The number of hydrogen-bond acceptors (Lipinski definition) is 3. The summed E-state index contributed by atoms with van der Waals surface area (Å²) >= 11 is 1.84. The quantitative estimate of drug-likeness (QED) is 0.136. The summed E-state index contributed by atoms with van der Waals surface area (Å²) in [6.45, 7) is 0. The van der Waals surface area contributed by atoms with Crippen molar-refractivity contribution in [2.24, 2.45) is 0 Å². The Kier molecular flexibility index (Phi) is 10.0. The zero-order chi connectivity index (χ0) is 43.8. The molecule has 0 aliphatic carbocycles. The molecule has 0 aliphatic rings. The predicted molar refractivity (Wildman–Crippen MR) is 282 cm³/mol. The van der Waals surface area contributed by atoms with Crippen LogP contribution in [0.1, 0.15) is 0 Å². The van der Waals surface area contributed by atoms with E-state index in [2.05, 4.69) is 275 Å². The number of fused-ring (bicyclic) bond motifs is 4. The molecule has 0 amide bonds. The first-order valence-electron chi connectivity index (χ1n) is 22.4. The van der Waals surface area contributed by atoms with Crippen molar-refractivity contribution in [1.29, 1.82) is 0 Å². The van der Waals surface area contributed by atoms with Gasteiger partial charge in [-0.05, 0) is 137 Å². The van der Waals surface area contributed by atoms with E-state index in [4.69, 9.17) is 0 Å². The van der Waals surface area contributed by atoms with Gasteiger partial charge in [-0.15, -0.1) is 11.3 Å². The van der Waals surface area contributed by atoms with Gasteiger partial charge in [0, 0.05) is 60.0 Å². The van der Waals surface area contributed by atoms with Gasteiger partial charge in [0.2, 0.25) is 0 Å². The lowest BCUT2D eigenvalue weighted by molar-refractivity contribution is 1.18. The fourth-order valence-corrected chi connectivity index (χ4v) is 10.5. The van der Waals surface area contributed by atoms with Crippen molar-refractivity contribution in [2.75, 3.05) is 9.80 Å². The van der Waals surface area contributed by atoms with Crippen LogP contribution in [0.15, 0.2) is 261 Å². The third kappa shape index (κ3) is 7.20. The van der Waals surface area contributed by atoms with Gasteiger partial charge in [0.1, 0.15) is 0 Å². The van der Waals surface area contributed by atoms with E-state index in [0.717, 1.165) is 39.8 Å². The minimum absolute atomic E-state index is 1.08. The molecule has 0 N–H and O–H groups in total. The van der Waals surface area contributed by atoms with E-state index >= 15 is 0 Å². The second kappa shape index (κ2) is 16.9. The van der Waals surface area contributed by atoms with Gasteiger partial charge in [0.25, 0.3) is 0 Å². The first-order chi connectivity index (χ1) is 32.7. The van der Waals surface area contributed by atoms with E-state index in [-0.39, 0.29) is 0 Å². The fraction of sp³-hybridized carbons (Fsp3) is 0. The summed E-state index contributed by atoms with van der Waals surface area (Å²) in [4.78, 5) is 7.22. The molecule has 312 valence electrons. The van der Waals surface area contributed by atoms with Crippen LogP contribution in [-0.4, -0.2) is 4.57 Å². The largest absolute Gasteiger partial charge is 0.311 e. The second-order valence-electron chi connectivity index (χ2n) is 16.6. The van der Waals surface area contributed by atoms with E-state index in [0.29, 0.717) is 0 Å². The number of nitrogens with zero attached hydrogens (tertiary/aromatic N) is 3. The Morgan fingerprint density at radius 1 is 0.288 bits per heavy atom.